The van der Waals surface area contributed by atoms with Crippen molar-refractivity contribution in [3.8, 4) is 0 Å². The lowest BCUT2D eigenvalue weighted by Crippen LogP contribution is -2.27. The van der Waals surface area contributed by atoms with Gasteiger partial charge in [0.1, 0.15) is 0 Å². The molecule has 0 saturated heterocycles. The van der Waals surface area contributed by atoms with E-state index in [0.717, 1.165) is 6.04 Å². The molecule has 0 aromatic heterocycles. The van der Waals surface area contributed by atoms with Crippen LogP contribution in [-0.2, 0) is 0 Å². The molecule has 12 heavy (non-hydrogen) atoms. The fourth-order valence-electron chi connectivity index (χ4n) is 1.51. The molecule has 0 amide bonds. The number of aryl methyl sites for hydroxylation is 1. The normalized spacial score (nSPS) is 17.1. The molecule has 0 radical (unpaired) electrons. The van der Waals surface area contributed by atoms with E-state index in [4.69, 9.17) is 0 Å². The predicted octanol–water partition coefficient (Wildman–Crippen LogP) is 2.96. The SMILES string of the molecule is Cc1ccccc1NC1CCC1. The molecular formula is C11H15N. The number of para-hydroxylation sites is 1. The van der Waals surface area contributed by atoms with Crippen molar-refractivity contribution < 1.29 is 0 Å². The highest BCUT2D eigenvalue weighted by Gasteiger charge is 2.16. The first-order valence-corrected chi connectivity index (χ1v) is 4.68. The lowest BCUT2D eigenvalue weighted by molar-refractivity contribution is 0.445. The Hall–Kier alpha value is -0.980. The monoisotopic (exact) mass is 161 g/mol. The Labute approximate surface area is 73.8 Å². The molecule has 0 aliphatic heterocycles. The van der Waals surface area contributed by atoms with Gasteiger partial charge in [-0.05, 0) is 37.8 Å². The van der Waals surface area contributed by atoms with E-state index >= 15 is 0 Å². The van der Waals surface area contributed by atoms with E-state index < -0.39 is 0 Å². The fourth-order valence-corrected chi connectivity index (χ4v) is 1.51. The number of rotatable bonds is 2. The van der Waals surface area contributed by atoms with E-state index in [1.807, 2.05) is 0 Å². The zero-order chi connectivity index (χ0) is 8.39. The van der Waals surface area contributed by atoms with E-state index in [1.165, 1.54) is 30.5 Å². The molecule has 0 heterocycles. The number of benzene rings is 1. The summed E-state index contributed by atoms with van der Waals surface area (Å²) < 4.78 is 0. The van der Waals surface area contributed by atoms with Crippen LogP contribution in [0, 0.1) is 6.92 Å². The van der Waals surface area contributed by atoms with Crippen molar-refractivity contribution in [1.82, 2.24) is 0 Å². The Bertz CT molecular complexity index is 263. The van der Waals surface area contributed by atoms with Crippen LogP contribution in [0.1, 0.15) is 24.8 Å². The summed E-state index contributed by atoms with van der Waals surface area (Å²) in [6.07, 6.45) is 4.08. The quantitative estimate of drug-likeness (QED) is 0.703. The minimum atomic E-state index is 0.742. The first-order chi connectivity index (χ1) is 5.86. The summed E-state index contributed by atoms with van der Waals surface area (Å²) >= 11 is 0. The van der Waals surface area contributed by atoms with Gasteiger partial charge in [0, 0.05) is 11.7 Å². The van der Waals surface area contributed by atoms with E-state index in [2.05, 4.69) is 36.5 Å². The Morgan fingerprint density at radius 2 is 2.00 bits per heavy atom. The Balaban J connectivity index is 2.06. The molecule has 1 aliphatic carbocycles. The number of anilines is 1. The summed E-state index contributed by atoms with van der Waals surface area (Å²) in [4.78, 5) is 0. The molecule has 0 atom stereocenters. The van der Waals surface area contributed by atoms with E-state index in [9.17, 15) is 0 Å². The van der Waals surface area contributed by atoms with E-state index in [1.54, 1.807) is 0 Å². The van der Waals surface area contributed by atoms with Gasteiger partial charge in [0.25, 0.3) is 0 Å². The van der Waals surface area contributed by atoms with Gasteiger partial charge in [-0.3, -0.25) is 0 Å². The van der Waals surface area contributed by atoms with Gasteiger partial charge in [-0.2, -0.15) is 0 Å². The summed E-state index contributed by atoms with van der Waals surface area (Å²) in [5.41, 5.74) is 2.66. The van der Waals surface area contributed by atoms with Crippen molar-refractivity contribution in [1.29, 1.82) is 0 Å². The van der Waals surface area contributed by atoms with Gasteiger partial charge in [0.2, 0.25) is 0 Å². The standard InChI is InChI=1S/C11H15N/c1-9-5-2-3-8-11(9)12-10-6-4-7-10/h2-3,5,8,10,12H,4,6-7H2,1H3. The second-order valence-corrected chi connectivity index (χ2v) is 3.59. The average molecular weight is 161 g/mol. The topological polar surface area (TPSA) is 12.0 Å². The third-order valence-corrected chi connectivity index (χ3v) is 2.61. The summed E-state index contributed by atoms with van der Waals surface area (Å²) in [6, 6.07) is 9.23. The number of hydrogen-bond donors (Lipinski definition) is 1. The maximum Gasteiger partial charge on any atom is 0.0372 e. The van der Waals surface area contributed by atoms with Crippen molar-refractivity contribution in [2.75, 3.05) is 5.32 Å². The van der Waals surface area contributed by atoms with Crippen LogP contribution < -0.4 is 5.32 Å². The lowest BCUT2D eigenvalue weighted by Gasteiger charge is -2.28. The van der Waals surface area contributed by atoms with Gasteiger partial charge in [-0.1, -0.05) is 18.2 Å². The first-order valence-electron chi connectivity index (χ1n) is 4.68. The van der Waals surface area contributed by atoms with Gasteiger partial charge in [-0.25, -0.2) is 0 Å². The van der Waals surface area contributed by atoms with Crippen LogP contribution in [0.4, 0.5) is 5.69 Å². The smallest absolute Gasteiger partial charge is 0.0372 e. The number of nitrogens with one attached hydrogen (secondary N) is 1. The van der Waals surface area contributed by atoms with E-state index in [0.29, 0.717) is 0 Å². The molecule has 1 nitrogen and oxygen atoms in total. The molecule has 0 spiro atoms. The molecule has 1 aromatic rings. The maximum absolute atomic E-state index is 3.55. The maximum atomic E-state index is 3.55. The van der Waals surface area contributed by atoms with E-state index in [-0.39, 0.29) is 0 Å². The second-order valence-electron chi connectivity index (χ2n) is 3.59. The summed E-state index contributed by atoms with van der Waals surface area (Å²) in [6.45, 7) is 2.15. The fraction of sp³-hybridized carbons (Fsp3) is 0.455. The van der Waals surface area contributed by atoms with Crippen molar-refractivity contribution in [3.05, 3.63) is 29.8 Å². The van der Waals surface area contributed by atoms with Crippen molar-refractivity contribution in [3.63, 3.8) is 0 Å². The van der Waals surface area contributed by atoms with Crippen LogP contribution in [0.2, 0.25) is 0 Å². The van der Waals surface area contributed by atoms with Crippen LogP contribution in [-0.4, -0.2) is 6.04 Å². The van der Waals surface area contributed by atoms with Crippen LogP contribution in [0.25, 0.3) is 0 Å². The first kappa shape index (κ1) is 7.66. The molecule has 1 saturated carbocycles. The molecular weight excluding hydrogens is 146 g/mol. The molecule has 1 N–H and O–H groups in total. The zero-order valence-electron chi connectivity index (χ0n) is 7.51. The summed E-state index contributed by atoms with van der Waals surface area (Å²) in [5.74, 6) is 0. The van der Waals surface area contributed by atoms with Crippen molar-refractivity contribution >= 4 is 5.69 Å². The van der Waals surface area contributed by atoms with Gasteiger partial charge in [-0.15, -0.1) is 0 Å². The van der Waals surface area contributed by atoms with Gasteiger partial charge < -0.3 is 5.32 Å². The van der Waals surface area contributed by atoms with Crippen LogP contribution in [0.5, 0.6) is 0 Å². The van der Waals surface area contributed by atoms with Crippen molar-refractivity contribution in [2.24, 2.45) is 0 Å². The highest BCUT2D eigenvalue weighted by molar-refractivity contribution is 5.51. The highest BCUT2D eigenvalue weighted by Crippen LogP contribution is 2.24. The minimum absolute atomic E-state index is 0.742. The van der Waals surface area contributed by atoms with Gasteiger partial charge >= 0.3 is 0 Å². The number of hydrogen-bond acceptors (Lipinski definition) is 1. The van der Waals surface area contributed by atoms with Gasteiger partial charge in [0.15, 0.2) is 0 Å². The van der Waals surface area contributed by atoms with Gasteiger partial charge in [0.05, 0.1) is 0 Å². The Kier molecular flexibility index (Phi) is 2.03. The highest BCUT2D eigenvalue weighted by atomic mass is 14.9. The Morgan fingerprint density at radius 3 is 2.58 bits per heavy atom. The van der Waals surface area contributed by atoms with Crippen molar-refractivity contribution in [2.45, 2.75) is 32.2 Å². The summed E-state index contributed by atoms with van der Waals surface area (Å²) in [7, 11) is 0. The molecule has 2 rings (SSSR count). The summed E-state index contributed by atoms with van der Waals surface area (Å²) in [5, 5.41) is 3.55. The predicted molar refractivity (Wildman–Crippen MR) is 52.4 cm³/mol. The third-order valence-electron chi connectivity index (χ3n) is 2.61. The molecule has 0 unspecified atom stereocenters. The third kappa shape index (κ3) is 1.45. The molecule has 1 heteroatoms. The average Bonchev–Trinajstić information content (AvgIpc) is 2.00. The van der Waals surface area contributed by atoms with Crippen LogP contribution >= 0.6 is 0 Å². The molecule has 1 aromatic carbocycles. The molecule has 0 bridgehead atoms. The van der Waals surface area contributed by atoms with Crippen LogP contribution in [0.3, 0.4) is 0 Å². The molecule has 64 valence electrons. The minimum Gasteiger partial charge on any atom is -0.382 e. The zero-order valence-corrected chi connectivity index (χ0v) is 7.51. The lowest BCUT2D eigenvalue weighted by atomic mass is 9.93. The Morgan fingerprint density at radius 1 is 1.25 bits per heavy atom. The molecule has 1 aliphatic rings. The van der Waals surface area contributed by atoms with Crippen LogP contribution in [0.15, 0.2) is 24.3 Å². The molecule has 1 fully saturated rings. The largest absolute Gasteiger partial charge is 0.382 e. The second kappa shape index (κ2) is 3.18.